The number of aliphatic imine (C=N–C) groups is 1. The minimum atomic E-state index is -0.582. The number of rotatable bonds is 3. The van der Waals surface area contributed by atoms with Crippen molar-refractivity contribution in [3.8, 4) is 0 Å². The van der Waals surface area contributed by atoms with Crippen LogP contribution >= 0.6 is 15.9 Å². The fourth-order valence-corrected chi connectivity index (χ4v) is 5.01. The average Bonchev–Trinajstić information content (AvgIpc) is 2.67. The molecule has 1 aromatic carbocycles. The second-order valence-corrected chi connectivity index (χ2v) is 10.2. The van der Waals surface area contributed by atoms with Crippen molar-refractivity contribution in [1.29, 1.82) is 0 Å². The van der Waals surface area contributed by atoms with Crippen LogP contribution in [0.15, 0.2) is 63.3 Å². The standard InChI is InChI=1S/C25H26BrN3O2/c1-14-8-9-20(27-13-14)29-24(31)21-15(2)28-18-11-25(3,4)12-19(30)23(18)22(21)16-6-5-7-17(26)10-16/h5-10,13,21-22H,11-12H2,1-4H3,(H,27,29,31)/t21?,22-/m0/s1. The predicted octanol–water partition coefficient (Wildman–Crippen LogP) is 5.61. The van der Waals surface area contributed by atoms with Gasteiger partial charge in [-0.1, -0.05) is 48.0 Å². The summed E-state index contributed by atoms with van der Waals surface area (Å²) in [5, 5.41) is 2.93. The number of pyridine rings is 1. The monoisotopic (exact) mass is 479 g/mol. The van der Waals surface area contributed by atoms with Crippen LogP contribution in [0.3, 0.4) is 0 Å². The van der Waals surface area contributed by atoms with Crippen LogP contribution in [-0.2, 0) is 9.59 Å². The number of nitrogens with one attached hydrogen (secondary N) is 1. The number of nitrogens with zero attached hydrogens (tertiary/aromatic N) is 2. The molecule has 0 saturated heterocycles. The zero-order valence-electron chi connectivity index (χ0n) is 18.2. The van der Waals surface area contributed by atoms with Crippen molar-refractivity contribution >= 4 is 39.1 Å². The number of amides is 1. The third-order valence-corrected chi connectivity index (χ3v) is 6.45. The van der Waals surface area contributed by atoms with Gasteiger partial charge in [-0.2, -0.15) is 0 Å². The van der Waals surface area contributed by atoms with Crippen LogP contribution < -0.4 is 5.32 Å². The lowest BCUT2D eigenvalue weighted by Crippen LogP contribution is -2.41. The lowest BCUT2D eigenvalue weighted by Gasteiger charge is -2.39. The van der Waals surface area contributed by atoms with E-state index in [1.165, 1.54) is 0 Å². The van der Waals surface area contributed by atoms with E-state index in [-0.39, 0.29) is 23.0 Å². The summed E-state index contributed by atoms with van der Waals surface area (Å²) in [6, 6.07) is 11.6. The van der Waals surface area contributed by atoms with Gasteiger partial charge in [-0.25, -0.2) is 4.98 Å². The fraction of sp³-hybridized carbons (Fsp3) is 0.360. The van der Waals surface area contributed by atoms with Gasteiger partial charge in [0.2, 0.25) is 5.91 Å². The van der Waals surface area contributed by atoms with E-state index in [1.54, 1.807) is 12.3 Å². The molecule has 1 aliphatic carbocycles. The van der Waals surface area contributed by atoms with Gasteiger partial charge >= 0.3 is 0 Å². The molecule has 1 unspecified atom stereocenters. The molecule has 4 rings (SSSR count). The van der Waals surface area contributed by atoms with Crippen molar-refractivity contribution in [1.82, 2.24) is 4.98 Å². The summed E-state index contributed by atoms with van der Waals surface area (Å²) in [4.78, 5) is 35.9. The Kier molecular flexibility index (Phi) is 5.69. The second-order valence-electron chi connectivity index (χ2n) is 9.27. The number of aryl methyl sites for hydroxylation is 1. The molecule has 2 heterocycles. The summed E-state index contributed by atoms with van der Waals surface area (Å²) in [5.74, 6) is -0.585. The Morgan fingerprint density at radius 1 is 1.16 bits per heavy atom. The minimum absolute atomic E-state index is 0.0822. The van der Waals surface area contributed by atoms with Gasteiger partial charge in [0.1, 0.15) is 5.82 Å². The van der Waals surface area contributed by atoms with Gasteiger partial charge in [0, 0.05) is 40.0 Å². The van der Waals surface area contributed by atoms with Crippen LogP contribution in [-0.4, -0.2) is 22.4 Å². The van der Waals surface area contributed by atoms with Gasteiger partial charge in [-0.05, 0) is 55.0 Å². The predicted molar refractivity (Wildman–Crippen MR) is 126 cm³/mol. The molecule has 2 aliphatic rings. The Morgan fingerprint density at radius 2 is 1.94 bits per heavy atom. The molecule has 1 aromatic heterocycles. The molecule has 6 heteroatoms. The lowest BCUT2D eigenvalue weighted by molar-refractivity contribution is -0.119. The number of anilines is 1. The van der Waals surface area contributed by atoms with Crippen LogP contribution in [0.25, 0.3) is 0 Å². The van der Waals surface area contributed by atoms with Crippen LogP contribution in [0.4, 0.5) is 5.82 Å². The Balaban J connectivity index is 1.79. The van der Waals surface area contributed by atoms with Crippen LogP contribution in [0.5, 0.6) is 0 Å². The number of hydrogen-bond acceptors (Lipinski definition) is 4. The highest BCUT2D eigenvalue weighted by molar-refractivity contribution is 9.10. The molecule has 2 atom stereocenters. The van der Waals surface area contributed by atoms with Crippen molar-refractivity contribution in [2.75, 3.05) is 5.32 Å². The number of hydrogen-bond donors (Lipinski definition) is 1. The molecule has 1 aliphatic heterocycles. The van der Waals surface area contributed by atoms with E-state index in [2.05, 4.69) is 40.1 Å². The molecule has 160 valence electrons. The second kappa shape index (κ2) is 8.15. The highest BCUT2D eigenvalue weighted by atomic mass is 79.9. The van der Waals surface area contributed by atoms with E-state index in [1.807, 2.05) is 44.2 Å². The number of carbonyl (C=O) groups excluding carboxylic acids is 2. The highest BCUT2D eigenvalue weighted by Gasteiger charge is 2.45. The maximum Gasteiger partial charge on any atom is 0.235 e. The van der Waals surface area contributed by atoms with Crippen LogP contribution in [0.1, 0.15) is 50.7 Å². The zero-order valence-corrected chi connectivity index (χ0v) is 19.8. The number of aromatic nitrogens is 1. The molecular weight excluding hydrogens is 454 g/mol. The van der Waals surface area contributed by atoms with Gasteiger partial charge in [-0.15, -0.1) is 0 Å². The van der Waals surface area contributed by atoms with E-state index in [0.717, 1.165) is 33.4 Å². The number of Topliss-reactive ketones (excluding diaryl/α,β-unsaturated/α-hetero) is 1. The summed E-state index contributed by atoms with van der Waals surface area (Å²) < 4.78 is 0.912. The first kappa shape index (κ1) is 21.6. The molecule has 0 bridgehead atoms. The SMILES string of the molecule is CC1=NC2=C(C(=O)CC(C)(C)C2)[C@@H](c2cccc(Br)c2)C1C(=O)Nc1ccc(C)cn1. The van der Waals surface area contributed by atoms with Crippen LogP contribution in [0.2, 0.25) is 0 Å². The quantitative estimate of drug-likeness (QED) is 0.621. The van der Waals surface area contributed by atoms with Gasteiger partial charge < -0.3 is 5.32 Å². The van der Waals surface area contributed by atoms with E-state index < -0.39 is 5.92 Å². The smallest absolute Gasteiger partial charge is 0.235 e. The van der Waals surface area contributed by atoms with Crippen molar-refractivity contribution in [2.45, 2.75) is 46.5 Å². The summed E-state index contributed by atoms with van der Waals surface area (Å²) >= 11 is 3.54. The molecule has 31 heavy (non-hydrogen) atoms. The molecule has 0 radical (unpaired) electrons. The van der Waals surface area contributed by atoms with E-state index in [9.17, 15) is 9.59 Å². The van der Waals surface area contributed by atoms with E-state index >= 15 is 0 Å². The Bertz CT molecular complexity index is 1120. The zero-order chi connectivity index (χ0) is 22.3. The number of allylic oxidation sites excluding steroid dienone is 2. The maximum absolute atomic E-state index is 13.5. The van der Waals surface area contributed by atoms with Crippen molar-refractivity contribution < 1.29 is 9.59 Å². The third-order valence-electron chi connectivity index (χ3n) is 5.96. The average molecular weight is 480 g/mol. The Labute approximate surface area is 191 Å². The molecular formula is C25H26BrN3O2. The number of benzene rings is 1. The molecule has 5 nitrogen and oxygen atoms in total. The topological polar surface area (TPSA) is 71.4 Å². The molecule has 0 fully saturated rings. The van der Waals surface area contributed by atoms with E-state index in [0.29, 0.717) is 17.8 Å². The molecule has 1 N–H and O–H groups in total. The number of ketones is 1. The third kappa shape index (κ3) is 4.40. The first-order valence-corrected chi connectivity index (χ1v) is 11.2. The molecule has 0 spiro atoms. The Hall–Kier alpha value is -2.60. The van der Waals surface area contributed by atoms with E-state index in [4.69, 9.17) is 4.99 Å². The highest BCUT2D eigenvalue weighted by Crippen LogP contribution is 2.48. The first-order valence-electron chi connectivity index (χ1n) is 10.4. The first-order chi connectivity index (χ1) is 14.6. The number of halogens is 1. The molecule has 1 amide bonds. The summed E-state index contributed by atoms with van der Waals surface area (Å²) in [6.45, 7) is 8.02. The van der Waals surface area contributed by atoms with Gasteiger partial charge in [0.15, 0.2) is 5.78 Å². The normalized spacial score (nSPS) is 22.6. The van der Waals surface area contributed by atoms with Gasteiger partial charge in [0.25, 0.3) is 0 Å². The summed E-state index contributed by atoms with van der Waals surface area (Å²) in [6.07, 6.45) is 2.90. The van der Waals surface area contributed by atoms with Crippen molar-refractivity contribution in [3.05, 3.63) is 69.5 Å². The minimum Gasteiger partial charge on any atom is -0.310 e. The maximum atomic E-state index is 13.5. The fourth-order valence-electron chi connectivity index (χ4n) is 4.59. The van der Waals surface area contributed by atoms with Gasteiger partial charge in [-0.3, -0.25) is 14.6 Å². The Morgan fingerprint density at radius 3 is 2.61 bits per heavy atom. The van der Waals surface area contributed by atoms with Crippen molar-refractivity contribution in [2.24, 2.45) is 16.3 Å². The van der Waals surface area contributed by atoms with Crippen molar-refractivity contribution in [3.63, 3.8) is 0 Å². The number of carbonyl (C=O) groups is 2. The summed E-state index contributed by atoms with van der Waals surface area (Å²) in [5.41, 5.74) is 4.04. The molecule has 2 aromatic rings. The van der Waals surface area contributed by atoms with Gasteiger partial charge in [0.05, 0.1) is 5.92 Å². The summed E-state index contributed by atoms with van der Waals surface area (Å²) in [7, 11) is 0. The largest absolute Gasteiger partial charge is 0.310 e. The molecule has 0 saturated carbocycles. The van der Waals surface area contributed by atoms with Crippen LogP contribution in [0, 0.1) is 18.3 Å². The lowest BCUT2D eigenvalue weighted by atomic mass is 9.66.